The summed E-state index contributed by atoms with van der Waals surface area (Å²) < 4.78 is 0. The van der Waals surface area contributed by atoms with E-state index in [4.69, 9.17) is 19.9 Å². The number of aromatic nitrogens is 4. The van der Waals surface area contributed by atoms with Gasteiger partial charge in [0.05, 0.1) is 0 Å². The Balaban J connectivity index is 1.29. The van der Waals surface area contributed by atoms with Gasteiger partial charge in [0.2, 0.25) is 0 Å². The molecule has 5 heterocycles. The third-order valence-electron chi connectivity index (χ3n) is 13.0. The lowest BCUT2D eigenvalue weighted by atomic mass is 9.60. The summed E-state index contributed by atoms with van der Waals surface area (Å²) in [7, 11) is 0. The first-order chi connectivity index (χ1) is 28.5. The summed E-state index contributed by atoms with van der Waals surface area (Å²) in [5.41, 5.74) is 10.6. The summed E-state index contributed by atoms with van der Waals surface area (Å²) >= 11 is 0. The van der Waals surface area contributed by atoms with Crippen LogP contribution in [0.3, 0.4) is 0 Å². The van der Waals surface area contributed by atoms with E-state index < -0.39 is 0 Å². The molecule has 0 saturated heterocycles. The Morgan fingerprint density at radius 3 is 1.72 bits per heavy atom. The lowest BCUT2D eigenvalue weighted by Crippen LogP contribution is -2.55. The second-order valence-corrected chi connectivity index (χ2v) is 16.0. The smallest absolute Gasteiger partial charge is 0.178 e. The van der Waals surface area contributed by atoms with Gasteiger partial charge in [-0.3, -0.25) is 0 Å². The second kappa shape index (κ2) is 14.1. The number of fused-ring (bicyclic) bond motifs is 6. The predicted octanol–water partition coefficient (Wildman–Crippen LogP) is 12.2. The van der Waals surface area contributed by atoms with Crippen molar-refractivity contribution in [2.45, 2.75) is 77.0 Å². The summed E-state index contributed by atoms with van der Waals surface area (Å²) in [4.78, 5) is 30.0. The van der Waals surface area contributed by atoms with Crippen LogP contribution >= 0.6 is 0 Å². The third-order valence-corrected chi connectivity index (χ3v) is 13.0. The molecule has 8 heteroatoms. The molecule has 0 bridgehead atoms. The van der Waals surface area contributed by atoms with Gasteiger partial charge >= 0.3 is 0 Å². The van der Waals surface area contributed by atoms with Gasteiger partial charge in [0, 0.05) is 58.9 Å². The van der Waals surface area contributed by atoms with E-state index in [1.807, 2.05) is 24.8 Å². The molecule has 58 heavy (non-hydrogen) atoms. The maximum absolute atomic E-state index is 5.13. The number of anilines is 8. The topological polar surface area (TPSA) is 64.5 Å². The average molecular weight is 761 g/mol. The van der Waals surface area contributed by atoms with Crippen molar-refractivity contribution in [3.8, 4) is 11.1 Å². The molecule has 0 N–H and O–H groups in total. The third kappa shape index (κ3) is 5.27. The van der Waals surface area contributed by atoms with E-state index in [2.05, 4.69) is 182 Å². The Hall–Kier alpha value is -6.54. The molecular weight excluding hydrogens is 713 g/mol. The summed E-state index contributed by atoms with van der Waals surface area (Å²) in [6, 6.07) is 46.4. The molecule has 0 spiro atoms. The highest BCUT2D eigenvalue weighted by atomic mass is 15.5. The van der Waals surface area contributed by atoms with Gasteiger partial charge in [0.1, 0.15) is 12.3 Å². The highest BCUT2D eigenvalue weighted by Gasteiger charge is 2.58. The lowest BCUT2D eigenvalue weighted by Gasteiger charge is -2.54. The zero-order valence-electron chi connectivity index (χ0n) is 33.7. The fourth-order valence-electron chi connectivity index (χ4n) is 10.4. The van der Waals surface area contributed by atoms with Crippen molar-refractivity contribution >= 4 is 46.0 Å². The first kappa shape index (κ1) is 35.8. The van der Waals surface area contributed by atoms with E-state index in [1.54, 1.807) is 0 Å². The van der Waals surface area contributed by atoms with Crippen LogP contribution in [0.5, 0.6) is 0 Å². The van der Waals surface area contributed by atoms with Gasteiger partial charge in [-0.25, -0.2) is 19.9 Å². The summed E-state index contributed by atoms with van der Waals surface area (Å²) in [5.74, 6) is 3.75. The molecule has 7 aromatic rings. The van der Waals surface area contributed by atoms with Crippen LogP contribution in [0, 0.1) is 0 Å². The van der Waals surface area contributed by atoms with Crippen LogP contribution in [-0.2, 0) is 5.41 Å². The van der Waals surface area contributed by atoms with Crippen molar-refractivity contribution in [1.29, 1.82) is 0 Å². The maximum Gasteiger partial charge on any atom is 0.178 e. The fourth-order valence-corrected chi connectivity index (χ4v) is 10.4. The minimum Gasteiger partial charge on any atom is -0.302 e. The van der Waals surface area contributed by atoms with E-state index >= 15 is 0 Å². The highest BCUT2D eigenvalue weighted by Crippen LogP contribution is 2.63. The van der Waals surface area contributed by atoms with Crippen molar-refractivity contribution in [2.75, 3.05) is 19.6 Å². The molecule has 2 aromatic heterocycles. The van der Waals surface area contributed by atoms with E-state index in [0.29, 0.717) is 5.92 Å². The van der Waals surface area contributed by atoms with Crippen molar-refractivity contribution < 1.29 is 0 Å². The first-order valence-electron chi connectivity index (χ1n) is 20.7. The van der Waals surface area contributed by atoms with Crippen LogP contribution < -0.4 is 19.6 Å². The van der Waals surface area contributed by atoms with Gasteiger partial charge in [-0.15, -0.1) is 0 Å². The summed E-state index contributed by atoms with van der Waals surface area (Å²) in [6.07, 6.45) is 8.86. The summed E-state index contributed by atoms with van der Waals surface area (Å²) in [5, 5.41) is 0. The van der Waals surface area contributed by atoms with Crippen LogP contribution in [0.15, 0.2) is 152 Å². The van der Waals surface area contributed by atoms with Gasteiger partial charge < -0.3 is 19.6 Å². The zero-order valence-corrected chi connectivity index (χ0v) is 33.7. The standard InChI is InChI=1S/C50H48N8/c1-6-50(7-2)41-24-16-17-25-42(41)58-48-47(53-30-31-54-48)57(37-20-12-9-13-21-37)49(58)44(50)40-27-26-35(39-23-15-14-22-38(39)33(3)4)32-43(40)56-34(5)55(36-18-10-8-11-19-36)45-46(56)52-29-28-51-45/h8-34,44,49H,6-7H2,1-5H3. The number of hydrogen-bond acceptors (Lipinski definition) is 8. The number of benzene rings is 5. The SMILES string of the molecule is CCC1(CC)c2ccccc2N2c3nccnc3N(c3ccccc3)C2C1c1ccc(-c2ccccc2C(C)C)cc1N1c2nccnc2N(c2ccccc2)C1C. The molecule has 288 valence electrons. The minimum atomic E-state index is -0.258. The van der Waals surface area contributed by atoms with Gasteiger partial charge in [0.15, 0.2) is 23.3 Å². The second-order valence-electron chi connectivity index (χ2n) is 16.0. The first-order valence-corrected chi connectivity index (χ1v) is 20.7. The quantitative estimate of drug-likeness (QED) is 0.152. The van der Waals surface area contributed by atoms with Gasteiger partial charge in [-0.1, -0.05) is 119 Å². The molecule has 0 radical (unpaired) electrons. The highest BCUT2D eigenvalue weighted by molar-refractivity contribution is 5.90. The van der Waals surface area contributed by atoms with Crippen LogP contribution in [-0.4, -0.2) is 32.3 Å². The van der Waals surface area contributed by atoms with Crippen LogP contribution in [0.25, 0.3) is 11.1 Å². The average Bonchev–Trinajstić information content (AvgIpc) is 3.78. The number of nitrogens with zero attached hydrogens (tertiary/aromatic N) is 8. The molecule has 3 aliphatic rings. The molecule has 0 aliphatic carbocycles. The van der Waals surface area contributed by atoms with Gasteiger partial charge in [-0.2, -0.15) is 0 Å². The summed E-state index contributed by atoms with van der Waals surface area (Å²) in [6.45, 7) is 11.6. The van der Waals surface area contributed by atoms with E-state index in [9.17, 15) is 0 Å². The molecule has 0 fully saturated rings. The Morgan fingerprint density at radius 1 is 0.552 bits per heavy atom. The molecular formula is C50H48N8. The van der Waals surface area contributed by atoms with Crippen molar-refractivity contribution in [2.24, 2.45) is 0 Å². The zero-order chi connectivity index (χ0) is 39.5. The molecule has 8 nitrogen and oxygen atoms in total. The lowest BCUT2D eigenvalue weighted by molar-refractivity contribution is 0.270. The van der Waals surface area contributed by atoms with E-state index in [-0.39, 0.29) is 23.7 Å². The van der Waals surface area contributed by atoms with Crippen molar-refractivity contribution in [3.63, 3.8) is 0 Å². The number of hydrogen-bond donors (Lipinski definition) is 0. The molecule has 3 aliphatic heterocycles. The normalized spacial score (nSPS) is 18.9. The van der Waals surface area contributed by atoms with Crippen LogP contribution in [0.4, 0.5) is 46.0 Å². The van der Waals surface area contributed by atoms with Crippen LogP contribution in [0.2, 0.25) is 0 Å². The van der Waals surface area contributed by atoms with E-state index in [0.717, 1.165) is 53.2 Å². The number of para-hydroxylation sites is 3. The molecule has 3 atom stereocenters. The van der Waals surface area contributed by atoms with Gasteiger partial charge in [0.25, 0.3) is 0 Å². The molecule has 3 unspecified atom stereocenters. The minimum absolute atomic E-state index is 0.0453. The predicted molar refractivity (Wildman–Crippen MR) is 236 cm³/mol. The molecule has 0 amide bonds. The maximum atomic E-state index is 5.13. The molecule has 0 saturated carbocycles. The largest absolute Gasteiger partial charge is 0.302 e. The van der Waals surface area contributed by atoms with Crippen molar-refractivity contribution in [1.82, 2.24) is 19.9 Å². The fraction of sp³-hybridized carbons (Fsp3) is 0.240. The Kier molecular flexibility index (Phi) is 8.73. The van der Waals surface area contributed by atoms with E-state index in [1.165, 1.54) is 33.5 Å². The van der Waals surface area contributed by atoms with Crippen LogP contribution in [0.1, 0.15) is 76.0 Å². The molecule has 5 aromatic carbocycles. The number of rotatable bonds is 8. The monoisotopic (exact) mass is 760 g/mol. The Bertz CT molecular complexity index is 2610. The Labute approximate surface area is 341 Å². The molecule has 10 rings (SSSR count). The van der Waals surface area contributed by atoms with Gasteiger partial charge in [-0.05, 0) is 89.9 Å². The Morgan fingerprint density at radius 2 is 1.09 bits per heavy atom. The van der Waals surface area contributed by atoms with Crippen molar-refractivity contribution in [3.05, 3.63) is 169 Å².